The summed E-state index contributed by atoms with van der Waals surface area (Å²) in [4.78, 5) is 0. The quantitative estimate of drug-likeness (QED) is 0.504. The number of hydrogen-bond acceptors (Lipinski definition) is 1. The first-order valence-electron chi connectivity index (χ1n) is 12.2. The molecule has 2 atom stereocenters. The topological polar surface area (TPSA) is 9.23 Å². The third-order valence-corrected chi connectivity index (χ3v) is 13.6. The molecule has 31 heavy (non-hydrogen) atoms. The summed E-state index contributed by atoms with van der Waals surface area (Å²) in [6.07, 6.45) is 2.58. The van der Waals surface area contributed by atoms with Crippen LogP contribution in [0.5, 0.6) is 0 Å². The van der Waals surface area contributed by atoms with E-state index in [1.165, 1.54) is 52.3 Å². The van der Waals surface area contributed by atoms with Gasteiger partial charge in [-0.15, -0.1) is 0 Å². The third kappa shape index (κ3) is 3.12. The molecule has 1 heterocycles. The van der Waals surface area contributed by atoms with Crippen LogP contribution in [0.2, 0.25) is 6.04 Å². The van der Waals surface area contributed by atoms with Crippen LogP contribution in [0.25, 0.3) is 0 Å². The summed E-state index contributed by atoms with van der Waals surface area (Å²) in [6, 6.07) is 10.8. The van der Waals surface area contributed by atoms with E-state index < -0.39 is 8.32 Å². The largest absolute Gasteiger partial charge is 0.401 e. The molecule has 1 aliphatic heterocycles. The smallest absolute Gasteiger partial charge is 0.258 e. The zero-order valence-corrected chi connectivity index (χ0v) is 22.5. The lowest BCUT2D eigenvalue weighted by Crippen LogP contribution is -2.65. The molecule has 0 bridgehead atoms. The van der Waals surface area contributed by atoms with Gasteiger partial charge >= 0.3 is 0 Å². The monoisotopic (exact) mass is 434 g/mol. The molecule has 0 spiro atoms. The molecule has 1 aliphatic carbocycles. The van der Waals surface area contributed by atoms with E-state index in [2.05, 4.69) is 93.5 Å². The van der Waals surface area contributed by atoms with Crippen molar-refractivity contribution in [1.29, 1.82) is 0 Å². The maximum Gasteiger partial charge on any atom is 0.258 e. The van der Waals surface area contributed by atoms with Gasteiger partial charge in [0.1, 0.15) is 0 Å². The number of rotatable bonds is 3. The molecule has 2 fully saturated rings. The van der Waals surface area contributed by atoms with Crippen LogP contribution in [-0.2, 0) is 4.43 Å². The molecule has 0 unspecified atom stereocenters. The maximum absolute atomic E-state index is 7.85. The van der Waals surface area contributed by atoms with E-state index >= 15 is 0 Å². The average molecular weight is 435 g/mol. The van der Waals surface area contributed by atoms with Crippen molar-refractivity contribution >= 4 is 18.7 Å². The second-order valence-corrected chi connectivity index (χ2v) is 15.0. The van der Waals surface area contributed by atoms with Crippen molar-refractivity contribution in [1.82, 2.24) is 0 Å². The summed E-state index contributed by atoms with van der Waals surface area (Å²) in [5, 5.41) is 3.11. The molecule has 168 valence electrons. The van der Waals surface area contributed by atoms with Gasteiger partial charge in [0, 0.05) is 0 Å². The van der Waals surface area contributed by atoms with E-state index in [9.17, 15) is 0 Å². The summed E-state index contributed by atoms with van der Waals surface area (Å²) in [7, 11) is -2.43. The van der Waals surface area contributed by atoms with E-state index in [0.29, 0.717) is 11.8 Å². The predicted molar refractivity (Wildman–Crippen MR) is 136 cm³/mol. The summed E-state index contributed by atoms with van der Waals surface area (Å²) < 4.78 is 7.85. The van der Waals surface area contributed by atoms with Crippen LogP contribution in [0, 0.1) is 58.8 Å². The second-order valence-electron chi connectivity index (χ2n) is 11.7. The molecule has 2 aromatic rings. The third-order valence-electron chi connectivity index (χ3n) is 8.68. The fourth-order valence-corrected chi connectivity index (χ4v) is 14.3. The molecule has 2 aliphatic rings. The molecule has 1 saturated heterocycles. The van der Waals surface area contributed by atoms with Crippen molar-refractivity contribution in [3.63, 3.8) is 0 Å². The Hall–Kier alpha value is -1.38. The molecule has 0 aromatic heterocycles. The normalized spacial score (nSPS) is 26.5. The second kappa shape index (κ2) is 7.32. The Kier molecular flexibility index (Phi) is 5.38. The minimum atomic E-state index is -2.43. The molecule has 1 saturated carbocycles. The van der Waals surface area contributed by atoms with Gasteiger partial charge in [0.15, 0.2) is 0 Å². The van der Waals surface area contributed by atoms with Crippen LogP contribution in [0.15, 0.2) is 24.3 Å². The van der Waals surface area contributed by atoms with Crippen LogP contribution in [-0.4, -0.2) is 13.9 Å². The minimum Gasteiger partial charge on any atom is -0.401 e. The standard InChI is InChI=1S/C29H42OSi/c1-18(2)29-25(11-12-28(29,9)10)17-31(30-29,26-21(5)13-19(3)14-22(26)6)27-23(7)15-20(4)16-24(27)8/h13-16,18,25H,11-12,17H2,1-10H3/t25-,29+/m0/s1. The van der Waals surface area contributed by atoms with Gasteiger partial charge in [0.2, 0.25) is 0 Å². The molecule has 1 nitrogen and oxygen atoms in total. The summed E-state index contributed by atoms with van der Waals surface area (Å²) in [5.74, 6) is 1.16. The lowest BCUT2D eigenvalue weighted by atomic mass is 9.68. The van der Waals surface area contributed by atoms with E-state index in [4.69, 9.17) is 4.43 Å². The highest BCUT2D eigenvalue weighted by Gasteiger charge is 2.68. The predicted octanol–water partition coefficient (Wildman–Crippen LogP) is 6.46. The number of fused-ring (bicyclic) bond motifs is 1. The lowest BCUT2D eigenvalue weighted by Gasteiger charge is -2.47. The fraction of sp³-hybridized carbons (Fsp3) is 0.586. The van der Waals surface area contributed by atoms with E-state index in [-0.39, 0.29) is 11.0 Å². The van der Waals surface area contributed by atoms with Crippen LogP contribution < -0.4 is 10.4 Å². The van der Waals surface area contributed by atoms with E-state index in [0.717, 1.165) is 0 Å². The molecule has 0 N–H and O–H groups in total. The van der Waals surface area contributed by atoms with Gasteiger partial charge in [-0.1, -0.05) is 63.1 Å². The Morgan fingerprint density at radius 3 is 1.58 bits per heavy atom. The molecule has 2 aromatic carbocycles. The van der Waals surface area contributed by atoms with Crippen molar-refractivity contribution < 1.29 is 4.43 Å². The van der Waals surface area contributed by atoms with Gasteiger partial charge in [-0.3, -0.25) is 0 Å². The fourth-order valence-electron chi connectivity index (χ4n) is 8.09. The minimum absolute atomic E-state index is 0.0350. The highest BCUT2D eigenvalue weighted by Crippen LogP contribution is 2.62. The Morgan fingerprint density at radius 1 is 0.806 bits per heavy atom. The zero-order chi connectivity index (χ0) is 22.9. The Bertz CT molecular complexity index is 928. The van der Waals surface area contributed by atoms with E-state index in [1.54, 1.807) is 10.4 Å². The number of aryl methyl sites for hydroxylation is 6. The van der Waals surface area contributed by atoms with Crippen molar-refractivity contribution in [3.05, 3.63) is 57.6 Å². The summed E-state index contributed by atoms with van der Waals surface area (Å²) in [6.45, 7) is 23.5. The van der Waals surface area contributed by atoms with Gasteiger partial charge in [0.25, 0.3) is 8.32 Å². The highest BCUT2D eigenvalue weighted by molar-refractivity contribution is 6.99. The van der Waals surface area contributed by atoms with Gasteiger partial charge in [-0.2, -0.15) is 0 Å². The molecular formula is C29H42OSi. The number of hydrogen-bond donors (Lipinski definition) is 0. The summed E-state index contributed by atoms with van der Waals surface area (Å²) in [5.41, 5.74) is 8.61. The molecule has 0 radical (unpaired) electrons. The van der Waals surface area contributed by atoms with Crippen LogP contribution in [0.1, 0.15) is 73.9 Å². The van der Waals surface area contributed by atoms with Gasteiger partial charge < -0.3 is 4.43 Å². The first-order chi connectivity index (χ1) is 14.4. The van der Waals surface area contributed by atoms with Gasteiger partial charge in [0.05, 0.1) is 5.60 Å². The van der Waals surface area contributed by atoms with Gasteiger partial charge in [-0.25, -0.2) is 0 Å². The number of benzene rings is 2. The SMILES string of the molecule is Cc1cc(C)c([Si]2(c3c(C)cc(C)cc3C)C[C@@H]3CCC(C)(C)[C@]3(C(C)C)O2)c(C)c1. The van der Waals surface area contributed by atoms with E-state index in [1.807, 2.05) is 0 Å². The van der Waals surface area contributed by atoms with Crippen molar-refractivity contribution in [3.8, 4) is 0 Å². The van der Waals surface area contributed by atoms with Crippen LogP contribution >= 0.6 is 0 Å². The first kappa shape index (κ1) is 22.8. The molecule has 2 heteroatoms. The van der Waals surface area contributed by atoms with Crippen LogP contribution in [0.3, 0.4) is 0 Å². The highest BCUT2D eigenvalue weighted by atomic mass is 28.4. The molecule has 4 rings (SSSR count). The Labute approximate surface area is 191 Å². The van der Waals surface area contributed by atoms with Crippen LogP contribution in [0.4, 0.5) is 0 Å². The average Bonchev–Trinajstić information content (AvgIpc) is 3.06. The Morgan fingerprint density at radius 2 is 1.23 bits per heavy atom. The Balaban J connectivity index is 2.08. The maximum atomic E-state index is 7.85. The zero-order valence-electron chi connectivity index (χ0n) is 21.5. The lowest BCUT2D eigenvalue weighted by molar-refractivity contribution is -0.0672. The molecule has 0 amide bonds. The van der Waals surface area contributed by atoms with Crippen molar-refractivity contribution in [2.75, 3.05) is 0 Å². The van der Waals surface area contributed by atoms with Gasteiger partial charge in [-0.05, 0) is 110 Å². The van der Waals surface area contributed by atoms with Crippen molar-refractivity contribution in [2.24, 2.45) is 17.3 Å². The molecular weight excluding hydrogens is 392 g/mol. The first-order valence-corrected chi connectivity index (χ1v) is 14.3. The summed E-state index contributed by atoms with van der Waals surface area (Å²) >= 11 is 0. The van der Waals surface area contributed by atoms with Crippen molar-refractivity contribution in [2.45, 2.75) is 93.7 Å².